The minimum atomic E-state index is -3.52. The van der Waals surface area contributed by atoms with Crippen LogP contribution in [0.1, 0.15) is 30.1 Å². The molecule has 0 unspecified atom stereocenters. The molecule has 25 heavy (non-hydrogen) atoms. The van der Waals surface area contributed by atoms with Gasteiger partial charge in [0.1, 0.15) is 0 Å². The molecule has 1 aliphatic rings. The average molecular weight is 368 g/mol. The van der Waals surface area contributed by atoms with Gasteiger partial charge in [0.2, 0.25) is 10.0 Å². The first kappa shape index (κ1) is 19.4. The Morgan fingerprint density at radius 2 is 1.88 bits per heavy atom. The lowest BCUT2D eigenvalue weighted by Crippen LogP contribution is -2.42. The molecule has 0 spiro atoms. The van der Waals surface area contributed by atoms with E-state index in [4.69, 9.17) is 4.74 Å². The van der Waals surface area contributed by atoms with Crippen LogP contribution in [0.4, 0.5) is 0 Å². The van der Waals surface area contributed by atoms with Crippen molar-refractivity contribution >= 4 is 21.9 Å². The van der Waals surface area contributed by atoms with Gasteiger partial charge in [-0.1, -0.05) is 0 Å². The van der Waals surface area contributed by atoms with Crippen LogP contribution in [-0.2, 0) is 19.6 Å². The van der Waals surface area contributed by atoms with Gasteiger partial charge in [-0.3, -0.25) is 9.59 Å². The van der Waals surface area contributed by atoms with Gasteiger partial charge in [0, 0.05) is 32.7 Å². The highest BCUT2D eigenvalue weighted by Gasteiger charge is 2.30. The zero-order valence-electron chi connectivity index (χ0n) is 14.8. The second-order valence-corrected chi connectivity index (χ2v) is 8.31. The molecule has 1 amide bonds. The van der Waals surface area contributed by atoms with Crippen LogP contribution in [0.2, 0.25) is 0 Å². The summed E-state index contributed by atoms with van der Waals surface area (Å²) in [7, 11) is -0.611. The Hall–Kier alpha value is -1.93. The number of hydrogen-bond acceptors (Lipinski definition) is 5. The molecule has 138 valence electrons. The molecule has 0 radical (unpaired) electrons. The molecule has 1 heterocycles. The number of rotatable bonds is 5. The number of piperidine rings is 1. The maximum absolute atomic E-state index is 12.6. The summed E-state index contributed by atoms with van der Waals surface area (Å²) in [5.74, 6) is -0.777. The van der Waals surface area contributed by atoms with Gasteiger partial charge in [0.25, 0.3) is 5.91 Å². The van der Waals surface area contributed by atoms with Gasteiger partial charge in [-0.25, -0.2) is 12.7 Å². The molecule has 0 aromatic heterocycles. The van der Waals surface area contributed by atoms with Gasteiger partial charge >= 0.3 is 5.97 Å². The van der Waals surface area contributed by atoms with Crippen LogP contribution in [0.3, 0.4) is 0 Å². The predicted molar refractivity (Wildman–Crippen MR) is 92.6 cm³/mol. The van der Waals surface area contributed by atoms with Gasteiger partial charge in [0.15, 0.2) is 0 Å². The number of carbonyl (C=O) groups excluding carboxylic acids is 2. The van der Waals surface area contributed by atoms with Crippen molar-refractivity contribution in [2.45, 2.75) is 24.7 Å². The largest absolute Gasteiger partial charge is 0.466 e. The second-order valence-electron chi connectivity index (χ2n) is 6.15. The molecule has 0 aliphatic carbocycles. The number of likely N-dealkylation sites (tertiary alicyclic amines) is 1. The minimum Gasteiger partial charge on any atom is -0.466 e. The van der Waals surface area contributed by atoms with E-state index < -0.39 is 10.0 Å². The third-order valence-electron chi connectivity index (χ3n) is 4.21. The van der Waals surface area contributed by atoms with Gasteiger partial charge in [-0.2, -0.15) is 0 Å². The number of nitrogens with zero attached hydrogens (tertiary/aromatic N) is 2. The van der Waals surface area contributed by atoms with E-state index in [2.05, 4.69) is 0 Å². The summed E-state index contributed by atoms with van der Waals surface area (Å²) < 4.78 is 30.3. The van der Waals surface area contributed by atoms with Crippen LogP contribution in [0.15, 0.2) is 29.2 Å². The van der Waals surface area contributed by atoms with Crippen molar-refractivity contribution in [3.63, 3.8) is 0 Å². The minimum absolute atomic E-state index is 0.136. The smallest absolute Gasteiger partial charge is 0.310 e. The summed E-state index contributed by atoms with van der Waals surface area (Å²) in [6, 6.07) is 5.87. The third kappa shape index (κ3) is 4.38. The lowest BCUT2D eigenvalue weighted by molar-refractivity contribution is -0.149. The molecule has 1 aromatic carbocycles. The number of carbonyl (C=O) groups is 2. The quantitative estimate of drug-likeness (QED) is 0.733. The summed E-state index contributed by atoms with van der Waals surface area (Å²) in [6.07, 6.45) is 1.45. The van der Waals surface area contributed by atoms with Crippen LogP contribution in [0.5, 0.6) is 0 Å². The number of sulfonamides is 1. The molecule has 7 nitrogen and oxygen atoms in total. The molecule has 1 aliphatic heterocycles. The normalized spacial score (nSPS) is 18.2. The molecule has 1 fully saturated rings. The Labute approximate surface area is 148 Å². The van der Waals surface area contributed by atoms with Gasteiger partial charge in [0.05, 0.1) is 17.4 Å². The second kappa shape index (κ2) is 7.97. The van der Waals surface area contributed by atoms with Crippen molar-refractivity contribution < 1.29 is 22.7 Å². The topological polar surface area (TPSA) is 84.0 Å². The van der Waals surface area contributed by atoms with Gasteiger partial charge in [-0.05, 0) is 44.0 Å². The van der Waals surface area contributed by atoms with Crippen molar-refractivity contribution in [1.82, 2.24) is 9.21 Å². The van der Waals surface area contributed by atoms with Crippen molar-refractivity contribution in [2.75, 3.05) is 33.8 Å². The fraction of sp³-hybridized carbons (Fsp3) is 0.529. The standard InChI is InChI=1S/C17H24N2O5S/c1-4-24-17(21)14-6-5-11-19(12-14)16(20)13-7-9-15(10-8-13)25(22,23)18(2)3/h7-10,14H,4-6,11-12H2,1-3H3/t14-/m1/s1. The van der Waals surface area contributed by atoms with E-state index in [-0.39, 0.29) is 22.7 Å². The molecule has 1 atom stereocenters. The Morgan fingerprint density at radius 1 is 1.24 bits per heavy atom. The van der Waals surface area contributed by atoms with E-state index in [1.165, 1.54) is 38.4 Å². The zero-order chi connectivity index (χ0) is 18.6. The highest BCUT2D eigenvalue weighted by Crippen LogP contribution is 2.21. The van der Waals surface area contributed by atoms with Crippen molar-refractivity contribution in [3.05, 3.63) is 29.8 Å². The first-order chi connectivity index (χ1) is 11.8. The molecule has 0 bridgehead atoms. The summed E-state index contributed by atoms with van der Waals surface area (Å²) in [4.78, 5) is 26.3. The van der Waals surface area contributed by atoms with Crippen molar-refractivity contribution in [3.8, 4) is 0 Å². The summed E-state index contributed by atoms with van der Waals surface area (Å²) in [5.41, 5.74) is 0.405. The van der Waals surface area contributed by atoms with Crippen molar-refractivity contribution in [1.29, 1.82) is 0 Å². The Balaban J connectivity index is 2.11. The summed E-state index contributed by atoms with van der Waals surface area (Å²) >= 11 is 0. The van der Waals surface area contributed by atoms with E-state index in [1.54, 1.807) is 11.8 Å². The van der Waals surface area contributed by atoms with E-state index in [0.29, 0.717) is 31.7 Å². The van der Waals surface area contributed by atoms with Gasteiger partial charge in [-0.15, -0.1) is 0 Å². The summed E-state index contributed by atoms with van der Waals surface area (Å²) in [6.45, 7) is 2.99. The summed E-state index contributed by atoms with van der Waals surface area (Å²) in [5, 5.41) is 0. The molecule has 1 saturated heterocycles. The Morgan fingerprint density at radius 3 is 2.44 bits per heavy atom. The Bertz CT molecular complexity index is 728. The Kier molecular flexibility index (Phi) is 6.18. The molecule has 0 N–H and O–H groups in total. The van der Waals surface area contributed by atoms with E-state index in [0.717, 1.165) is 10.7 Å². The van der Waals surface area contributed by atoms with Crippen LogP contribution < -0.4 is 0 Å². The SMILES string of the molecule is CCOC(=O)[C@@H]1CCCN(C(=O)c2ccc(S(=O)(=O)N(C)C)cc2)C1. The first-order valence-corrected chi connectivity index (χ1v) is 9.70. The zero-order valence-corrected chi connectivity index (χ0v) is 15.6. The third-order valence-corrected chi connectivity index (χ3v) is 6.04. The first-order valence-electron chi connectivity index (χ1n) is 8.26. The molecular formula is C17H24N2O5S. The number of hydrogen-bond donors (Lipinski definition) is 0. The molecule has 1 aromatic rings. The number of esters is 1. The average Bonchev–Trinajstić information content (AvgIpc) is 2.61. The monoisotopic (exact) mass is 368 g/mol. The molecule has 8 heteroatoms. The van der Waals surface area contributed by atoms with E-state index in [1.807, 2.05) is 0 Å². The van der Waals surface area contributed by atoms with E-state index >= 15 is 0 Å². The highest BCUT2D eigenvalue weighted by molar-refractivity contribution is 7.89. The van der Waals surface area contributed by atoms with Crippen LogP contribution in [-0.4, -0.2) is 63.3 Å². The van der Waals surface area contributed by atoms with Gasteiger partial charge < -0.3 is 9.64 Å². The number of benzene rings is 1. The van der Waals surface area contributed by atoms with Crippen LogP contribution in [0.25, 0.3) is 0 Å². The predicted octanol–water partition coefficient (Wildman–Crippen LogP) is 1.35. The fourth-order valence-corrected chi connectivity index (χ4v) is 3.68. The lowest BCUT2D eigenvalue weighted by Gasteiger charge is -2.31. The lowest BCUT2D eigenvalue weighted by atomic mass is 9.97. The number of amides is 1. The molecular weight excluding hydrogens is 344 g/mol. The fourth-order valence-electron chi connectivity index (χ4n) is 2.78. The van der Waals surface area contributed by atoms with E-state index in [9.17, 15) is 18.0 Å². The molecule has 2 rings (SSSR count). The van der Waals surface area contributed by atoms with Crippen molar-refractivity contribution in [2.24, 2.45) is 5.92 Å². The number of ether oxygens (including phenoxy) is 1. The van der Waals surface area contributed by atoms with Crippen LogP contribution in [0, 0.1) is 5.92 Å². The maximum atomic E-state index is 12.6. The molecule has 0 saturated carbocycles. The highest BCUT2D eigenvalue weighted by atomic mass is 32.2. The van der Waals surface area contributed by atoms with Crippen LogP contribution >= 0.6 is 0 Å². The maximum Gasteiger partial charge on any atom is 0.310 e.